The SMILES string of the molecule is CCOC(=O)c1c(N=Cc2c(O)[nH]c(=S)[nH]c2=O)sc(C)c1-c1cccs1. The van der Waals surface area contributed by atoms with Crippen molar-refractivity contribution in [2.45, 2.75) is 13.8 Å². The molecule has 0 saturated heterocycles. The Balaban J connectivity index is 2.14. The number of aromatic amines is 2. The van der Waals surface area contributed by atoms with Gasteiger partial charge in [0.05, 0.1) is 6.61 Å². The third-order valence-electron chi connectivity index (χ3n) is 3.58. The summed E-state index contributed by atoms with van der Waals surface area (Å²) in [5, 5.41) is 12.2. The van der Waals surface area contributed by atoms with E-state index in [1.54, 1.807) is 6.92 Å². The highest BCUT2D eigenvalue weighted by Gasteiger charge is 2.24. The highest BCUT2D eigenvalue weighted by molar-refractivity contribution is 7.71. The number of ether oxygens (including phenoxy) is 1. The number of nitrogens with zero attached hydrogens (tertiary/aromatic N) is 1. The third kappa shape index (κ3) is 3.92. The fourth-order valence-electron chi connectivity index (χ4n) is 2.46. The van der Waals surface area contributed by atoms with Crippen LogP contribution in [-0.2, 0) is 4.74 Å². The van der Waals surface area contributed by atoms with Gasteiger partial charge in [0.2, 0.25) is 5.88 Å². The van der Waals surface area contributed by atoms with Crippen LogP contribution in [0.2, 0.25) is 0 Å². The molecule has 0 aliphatic carbocycles. The van der Waals surface area contributed by atoms with Crippen molar-refractivity contribution in [2.75, 3.05) is 6.61 Å². The van der Waals surface area contributed by atoms with Gasteiger partial charge < -0.3 is 14.8 Å². The van der Waals surface area contributed by atoms with E-state index in [-0.39, 0.29) is 16.9 Å². The predicted octanol–water partition coefficient (Wildman–Crippen LogP) is 4.16. The summed E-state index contributed by atoms with van der Waals surface area (Å²) in [7, 11) is 0. The molecule has 10 heteroatoms. The van der Waals surface area contributed by atoms with E-state index in [4.69, 9.17) is 17.0 Å². The Morgan fingerprint density at radius 2 is 2.22 bits per heavy atom. The number of rotatable bonds is 5. The van der Waals surface area contributed by atoms with Crippen molar-refractivity contribution in [1.29, 1.82) is 0 Å². The van der Waals surface area contributed by atoms with Gasteiger partial charge in [-0.1, -0.05) is 6.07 Å². The molecule has 3 aromatic rings. The third-order valence-corrected chi connectivity index (χ3v) is 5.69. The zero-order chi connectivity index (χ0) is 19.6. The fourth-order valence-corrected chi connectivity index (χ4v) is 4.54. The van der Waals surface area contributed by atoms with Crippen LogP contribution in [0.25, 0.3) is 10.4 Å². The Morgan fingerprint density at radius 3 is 2.85 bits per heavy atom. The average molecular weight is 422 g/mol. The van der Waals surface area contributed by atoms with E-state index in [2.05, 4.69) is 15.0 Å². The molecule has 0 saturated carbocycles. The molecule has 3 aromatic heterocycles. The van der Waals surface area contributed by atoms with Crippen LogP contribution in [-0.4, -0.2) is 33.9 Å². The molecule has 140 valence electrons. The second-order valence-electron chi connectivity index (χ2n) is 5.34. The van der Waals surface area contributed by atoms with Crippen LogP contribution in [0.15, 0.2) is 27.3 Å². The average Bonchev–Trinajstić information content (AvgIpc) is 3.21. The lowest BCUT2D eigenvalue weighted by Gasteiger charge is -2.05. The maximum atomic E-state index is 12.6. The zero-order valence-electron chi connectivity index (χ0n) is 14.4. The normalized spacial score (nSPS) is 11.2. The molecule has 0 fully saturated rings. The second kappa shape index (κ2) is 7.99. The van der Waals surface area contributed by atoms with Crippen LogP contribution < -0.4 is 5.56 Å². The molecule has 0 bridgehead atoms. The van der Waals surface area contributed by atoms with Gasteiger partial charge in [-0.2, -0.15) is 0 Å². The first-order chi connectivity index (χ1) is 12.9. The minimum Gasteiger partial charge on any atom is -0.494 e. The maximum Gasteiger partial charge on any atom is 0.341 e. The minimum atomic E-state index is -0.579. The smallest absolute Gasteiger partial charge is 0.341 e. The Hall–Kier alpha value is -2.56. The van der Waals surface area contributed by atoms with Crippen LogP contribution in [0.1, 0.15) is 27.7 Å². The Labute approximate surface area is 167 Å². The van der Waals surface area contributed by atoms with Gasteiger partial charge >= 0.3 is 5.97 Å². The Bertz CT molecular complexity index is 1120. The summed E-state index contributed by atoms with van der Waals surface area (Å²) in [6.45, 7) is 3.86. The van der Waals surface area contributed by atoms with Gasteiger partial charge in [-0.25, -0.2) is 9.79 Å². The molecule has 0 radical (unpaired) electrons. The lowest BCUT2D eigenvalue weighted by molar-refractivity contribution is 0.0529. The lowest BCUT2D eigenvalue weighted by atomic mass is 10.1. The first kappa shape index (κ1) is 19.2. The van der Waals surface area contributed by atoms with Gasteiger partial charge in [0, 0.05) is 21.5 Å². The maximum absolute atomic E-state index is 12.6. The van der Waals surface area contributed by atoms with E-state index in [9.17, 15) is 14.7 Å². The highest BCUT2D eigenvalue weighted by Crippen LogP contribution is 2.43. The van der Waals surface area contributed by atoms with Crippen molar-refractivity contribution in [2.24, 2.45) is 4.99 Å². The number of H-pyrrole nitrogens is 2. The second-order valence-corrected chi connectivity index (χ2v) is 7.90. The van der Waals surface area contributed by atoms with Crippen LogP contribution in [0.5, 0.6) is 5.88 Å². The molecule has 3 N–H and O–H groups in total. The quantitative estimate of drug-likeness (QED) is 0.326. The van der Waals surface area contributed by atoms with E-state index in [0.717, 1.165) is 15.3 Å². The first-order valence-corrected chi connectivity index (χ1v) is 9.96. The van der Waals surface area contributed by atoms with E-state index >= 15 is 0 Å². The number of nitrogens with one attached hydrogen (secondary N) is 2. The summed E-state index contributed by atoms with van der Waals surface area (Å²) >= 11 is 7.62. The van der Waals surface area contributed by atoms with E-state index in [0.29, 0.717) is 10.6 Å². The number of esters is 1. The molecule has 7 nitrogen and oxygen atoms in total. The van der Waals surface area contributed by atoms with E-state index in [1.807, 2.05) is 24.4 Å². The number of aromatic hydroxyl groups is 1. The number of aliphatic imine (C=N–C) groups is 1. The standard InChI is InChI=1S/C17H15N3O4S3/c1-3-24-16(23)12-11(10-5-4-6-26-10)8(2)27-15(12)18-7-9-13(21)19-17(25)20-14(9)22/h4-7H,3H2,1-2H3,(H3,19,20,21,22,25). The van der Waals surface area contributed by atoms with Gasteiger partial charge in [0.15, 0.2) is 4.77 Å². The van der Waals surface area contributed by atoms with Gasteiger partial charge in [0.25, 0.3) is 5.56 Å². The van der Waals surface area contributed by atoms with Crippen LogP contribution >= 0.6 is 34.9 Å². The molecule has 0 amide bonds. The summed E-state index contributed by atoms with van der Waals surface area (Å²) in [4.78, 5) is 35.5. The largest absolute Gasteiger partial charge is 0.494 e. The fraction of sp³-hybridized carbons (Fsp3) is 0.176. The van der Waals surface area contributed by atoms with Gasteiger partial charge in [-0.15, -0.1) is 22.7 Å². The Morgan fingerprint density at radius 1 is 1.44 bits per heavy atom. The van der Waals surface area contributed by atoms with Crippen molar-refractivity contribution < 1.29 is 14.6 Å². The minimum absolute atomic E-state index is 0.00816. The number of aryl methyl sites for hydroxylation is 1. The Kier molecular flexibility index (Phi) is 5.68. The van der Waals surface area contributed by atoms with Crippen molar-refractivity contribution in [1.82, 2.24) is 9.97 Å². The molecule has 0 spiro atoms. The number of aromatic nitrogens is 2. The summed E-state index contributed by atoms with van der Waals surface area (Å²) in [5.41, 5.74) is 0.454. The van der Waals surface area contributed by atoms with Gasteiger partial charge in [-0.05, 0) is 37.5 Å². The first-order valence-electron chi connectivity index (χ1n) is 7.86. The van der Waals surface area contributed by atoms with Crippen molar-refractivity contribution in [3.8, 4) is 16.3 Å². The van der Waals surface area contributed by atoms with E-state index < -0.39 is 17.4 Å². The van der Waals surface area contributed by atoms with Crippen molar-refractivity contribution >= 4 is 52.1 Å². The van der Waals surface area contributed by atoms with Crippen molar-refractivity contribution in [3.05, 3.63) is 48.6 Å². The molecule has 0 unspecified atom stereocenters. The molecule has 3 rings (SSSR count). The summed E-state index contributed by atoms with van der Waals surface area (Å²) in [6, 6.07) is 3.82. The van der Waals surface area contributed by atoms with Crippen LogP contribution in [0.4, 0.5) is 5.00 Å². The molecular formula is C17H15N3O4S3. The van der Waals surface area contributed by atoms with Crippen LogP contribution in [0, 0.1) is 11.7 Å². The molecular weight excluding hydrogens is 406 g/mol. The zero-order valence-corrected chi connectivity index (χ0v) is 16.8. The molecule has 3 heterocycles. The van der Waals surface area contributed by atoms with Crippen LogP contribution in [0.3, 0.4) is 0 Å². The predicted molar refractivity (Wildman–Crippen MR) is 109 cm³/mol. The van der Waals surface area contributed by atoms with Gasteiger partial charge in [0.1, 0.15) is 16.1 Å². The number of thiophene rings is 2. The number of hydrogen-bond donors (Lipinski definition) is 3. The summed E-state index contributed by atoms with van der Waals surface area (Å²) < 4.78 is 5.21. The summed E-state index contributed by atoms with van der Waals surface area (Å²) in [6.07, 6.45) is 1.20. The summed E-state index contributed by atoms with van der Waals surface area (Å²) in [5.74, 6) is -0.875. The lowest BCUT2D eigenvalue weighted by Crippen LogP contribution is -2.13. The molecule has 0 aliphatic rings. The highest BCUT2D eigenvalue weighted by atomic mass is 32.1. The number of carbonyl (C=O) groups is 1. The van der Waals surface area contributed by atoms with Crippen molar-refractivity contribution in [3.63, 3.8) is 0 Å². The van der Waals surface area contributed by atoms with Gasteiger partial charge in [-0.3, -0.25) is 9.78 Å². The topological polar surface area (TPSA) is 108 Å². The number of hydrogen-bond acceptors (Lipinski definition) is 8. The molecule has 27 heavy (non-hydrogen) atoms. The molecule has 0 aromatic carbocycles. The van der Waals surface area contributed by atoms with E-state index in [1.165, 1.54) is 28.9 Å². The monoisotopic (exact) mass is 421 g/mol. The molecule has 0 aliphatic heterocycles. The number of carbonyl (C=O) groups excluding carboxylic acids is 1. The molecule has 0 atom stereocenters.